The van der Waals surface area contributed by atoms with Gasteiger partial charge in [-0.3, -0.25) is 0 Å². The summed E-state index contributed by atoms with van der Waals surface area (Å²) in [6, 6.07) is 4.01. The number of carbonyl (C=O) groups is 1. The lowest BCUT2D eigenvalue weighted by Crippen LogP contribution is -3.00. The molecule has 0 saturated carbocycles. The highest BCUT2D eigenvalue weighted by Crippen LogP contribution is 2.27. The number of fused-ring (bicyclic) bond motifs is 1. The number of phenolic OH excluding ortho intramolecular Hbond substituents is 1. The molecule has 1 heterocycles. The van der Waals surface area contributed by atoms with Crippen LogP contribution < -0.4 is 23.3 Å². The summed E-state index contributed by atoms with van der Waals surface area (Å²) >= 11 is 0. The van der Waals surface area contributed by atoms with E-state index >= 15 is 0 Å². The van der Waals surface area contributed by atoms with E-state index in [9.17, 15) is 19.8 Å². The van der Waals surface area contributed by atoms with Crippen LogP contribution in [0.3, 0.4) is 0 Å². The third-order valence-corrected chi connectivity index (χ3v) is 4.32. The lowest BCUT2D eigenvalue weighted by Gasteiger charge is -2.17. The van der Waals surface area contributed by atoms with E-state index in [-0.39, 0.29) is 30.6 Å². The smallest absolute Gasteiger partial charge is 0.362 e. The Hall–Kier alpha value is -2.05. The van der Waals surface area contributed by atoms with E-state index in [0.29, 0.717) is 11.1 Å². The molecule has 0 fully saturated rings. The van der Waals surface area contributed by atoms with Gasteiger partial charge in [0, 0.05) is 17.4 Å². The lowest BCUT2D eigenvalue weighted by atomic mass is 9.98. The third kappa shape index (κ3) is 4.07. The maximum atomic E-state index is 11.6. The zero-order valence-corrected chi connectivity index (χ0v) is 14.6. The molecule has 132 valence electrons. The van der Waals surface area contributed by atoms with Gasteiger partial charge in [0.25, 0.3) is 0 Å². The van der Waals surface area contributed by atoms with Crippen molar-refractivity contribution in [2.24, 2.45) is 5.92 Å². The number of carboxylic acid groups (broad SMARTS) is 1. The van der Waals surface area contributed by atoms with Gasteiger partial charge < -0.3 is 32.4 Å². The number of benzene rings is 1. The predicted octanol–water partition coefficient (Wildman–Crippen LogP) is -1.63. The number of halogens is 1. The molecular formula is C17H22ClNO5. The molecule has 0 aliphatic rings. The first kappa shape index (κ1) is 20.0. The van der Waals surface area contributed by atoms with Crippen LogP contribution in [-0.2, 0) is 11.3 Å². The summed E-state index contributed by atoms with van der Waals surface area (Å²) in [5.74, 6) is -0.911. The molecule has 2 aromatic rings. The average molecular weight is 356 g/mol. The van der Waals surface area contributed by atoms with E-state index in [0.717, 1.165) is 17.4 Å². The van der Waals surface area contributed by atoms with E-state index < -0.39 is 17.6 Å². The van der Waals surface area contributed by atoms with Crippen LogP contribution in [-0.4, -0.2) is 22.2 Å². The van der Waals surface area contributed by atoms with Crippen LogP contribution in [0.4, 0.5) is 0 Å². The van der Waals surface area contributed by atoms with Crippen molar-refractivity contribution in [1.29, 1.82) is 0 Å². The Morgan fingerprint density at radius 3 is 2.62 bits per heavy atom. The Morgan fingerprint density at radius 2 is 2.04 bits per heavy atom. The minimum atomic E-state index is -0.892. The number of quaternary nitrogens is 1. The van der Waals surface area contributed by atoms with Crippen LogP contribution in [0.1, 0.15) is 31.4 Å². The molecule has 24 heavy (non-hydrogen) atoms. The summed E-state index contributed by atoms with van der Waals surface area (Å²) in [6.45, 7) is 5.83. The highest BCUT2D eigenvalue weighted by atomic mass is 35.5. The number of hydrogen-bond acceptors (Lipinski definition) is 4. The van der Waals surface area contributed by atoms with Gasteiger partial charge in [-0.25, -0.2) is 9.59 Å². The van der Waals surface area contributed by atoms with Crippen molar-refractivity contribution in [1.82, 2.24) is 0 Å². The zero-order valence-electron chi connectivity index (χ0n) is 13.9. The minimum Gasteiger partial charge on any atom is -1.00 e. The fourth-order valence-corrected chi connectivity index (χ4v) is 2.70. The SMILES string of the molecule is CCC(C)[C@@H]([NH2+]Cc1c(O)ccc2c(C)cc(=O)oc12)C(=O)O.[Cl-]. The summed E-state index contributed by atoms with van der Waals surface area (Å²) < 4.78 is 5.25. The molecule has 2 rings (SSSR count). The van der Waals surface area contributed by atoms with E-state index in [4.69, 9.17) is 4.42 Å². The predicted molar refractivity (Wildman–Crippen MR) is 85.4 cm³/mol. The normalized spacial score (nSPS) is 13.3. The Balaban J connectivity index is 0.00000288. The fraction of sp³-hybridized carbons (Fsp3) is 0.412. The van der Waals surface area contributed by atoms with Gasteiger partial charge in [-0.2, -0.15) is 0 Å². The van der Waals surface area contributed by atoms with Crippen molar-refractivity contribution in [2.45, 2.75) is 39.8 Å². The third-order valence-electron chi connectivity index (χ3n) is 4.32. The Labute approximate surface area is 145 Å². The molecule has 7 heteroatoms. The van der Waals surface area contributed by atoms with Crippen molar-refractivity contribution >= 4 is 16.9 Å². The molecule has 0 radical (unpaired) electrons. The molecule has 1 aromatic heterocycles. The summed E-state index contributed by atoms with van der Waals surface area (Å²) in [7, 11) is 0. The minimum absolute atomic E-state index is 0. The average Bonchev–Trinajstić information content (AvgIpc) is 2.48. The van der Waals surface area contributed by atoms with Gasteiger partial charge in [0.15, 0.2) is 11.6 Å². The van der Waals surface area contributed by atoms with Gasteiger partial charge in [-0.05, 0) is 31.0 Å². The second-order valence-electron chi connectivity index (χ2n) is 5.88. The molecule has 0 aliphatic carbocycles. The maximum Gasteiger partial charge on any atom is 0.362 e. The summed E-state index contributed by atoms with van der Waals surface area (Å²) in [6.07, 6.45) is 0.739. The van der Waals surface area contributed by atoms with E-state index in [1.807, 2.05) is 13.8 Å². The van der Waals surface area contributed by atoms with Crippen molar-refractivity contribution in [3.63, 3.8) is 0 Å². The summed E-state index contributed by atoms with van der Waals surface area (Å²) in [5.41, 5.74) is 1.03. The Bertz CT molecular complexity index is 786. The number of carboxylic acids is 1. The molecule has 4 N–H and O–H groups in total. The Morgan fingerprint density at radius 1 is 1.38 bits per heavy atom. The van der Waals surface area contributed by atoms with Gasteiger partial charge in [0.05, 0.1) is 5.56 Å². The van der Waals surface area contributed by atoms with Crippen LogP contribution in [0, 0.1) is 12.8 Å². The largest absolute Gasteiger partial charge is 1.00 e. The first-order chi connectivity index (χ1) is 10.8. The van der Waals surface area contributed by atoms with Crippen molar-refractivity contribution in [2.75, 3.05) is 0 Å². The van der Waals surface area contributed by atoms with Crippen LogP contribution in [0.5, 0.6) is 5.75 Å². The van der Waals surface area contributed by atoms with Crippen LogP contribution >= 0.6 is 0 Å². The molecule has 1 aromatic carbocycles. The highest BCUT2D eigenvalue weighted by molar-refractivity contribution is 5.84. The van der Waals surface area contributed by atoms with Gasteiger partial charge in [0.2, 0.25) is 0 Å². The van der Waals surface area contributed by atoms with Crippen LogP contribution in [0.15, 0.2) is 27.4 Å². The molecule has 0 saturated heterocycles. The second kappa shape index (κ2) is 8.17. The topological polar surface area (TPSA) is 104 Å². The van der Waals surface area contributed by atoms with Gasteiger partial charge in [-0.15, -0.1) is 0 Å². The van der Waals surface area contributed by atoms with Crippen molar-refractivity contribution in [3.05, 3.63) is 39.7 Å². The first-order valence-corrected chi connectivity index (χ1v) is 7.66. The van der Waals surface area contributed by atoms with Gasteiger partial charge in [-0.1, -0.05) is 13.8 Å². The molecule has 2 atom stereocenters. The van der Waals surface area contributed by atoms with E-state index in [1.165, 1.54) is 12.1 Å². The van der Waals surface area contributed by atoms with Gasteiger partial charge >= 0.3 is 11.6 Å². The first-order valence-electron chi connectivity index (χ1n) is 7.66. The molecule has 1 unspecified atom stereocenters. The lowest BCUT2D eigenvalue weighted by molar-refractivity contribution is -0.699. The monoisotopic (exact) mass is 355 g/mol. The molecular weight excluding hydrogens is 334 g/mol. The number of rotatable bonds is 6. The van der Waals surface area contributed by atoms with Crippen molar-refractivity contribution < 1.29 is 37.1 Å². The Kier molecular flexibility index (Phi) is 6.81. The standard InChI is InChI=1S/C17H21NO5.ClH/c1-4-9(2)15(17(21)22)18-8-12-13(19)6-5-11-10(3)7-14(20)23-16(11)12;/h5-7,9,15,18-19H,4,8H2,1-3H3,(H,21,22);1H/t9?,15-;/m1./s1. The van der Waals surface area contributed by atoms with E-state index in [2.05, 4.69) is 0 Å². The number of phenols is 1. The number of aliphatic carboxylic acids is 1. The van der Waals surface area contributed by atoms with Crippen molar-refractivity contribution in [3.8, 4) is 5.75 Å². The molecule has 6 nitrogen and oxygen atoms in total. The summed E-state index contributed by atoms with van der Waals surface area (Å²) in [4.78, 5) is 23.0. The second-order valence-corrected chi connectivity index (χ2v) is 5.88. The summed E-state index contributed by atoms with van der Waals surface area (Å²) in [5, 5.41) is 21.9. The fourth-order valence-electron chi connectivity index (χ4n) is 2.70. The van der Waals surface area contributed by atoms with Crippen LogP contribution in [0.2, 0.25) is 0 Å². The molecule has 0 aliphatic heterocycles. The quantitative estimate of drug-likeness (QED) is 0.540. The highest BCUT2D eigenvalue weighted by Gasteiger charge is 2.27. The van der Waals surface area contributed by atoms with E-state index in [1.54, 1.807) is 18.3 Å². The number of aryl methyl sites for hydroxylation is 1. The molecule has 0 spiro atoms. The van der Waals surface area contributed by atoms with Gasteiger partial charge in [0.1, 0.15) is 12.3 Å². The number of hydrogen-bond donors (Lipinski definition) is 3. The molecule has 0 bridgehead atoms. The maximum absolute atomic E-state index is 11.6. The zero-order chi connectivity index (χ0) is 17.1. The number of aromatic hydroxyl groups is 1. The van der Waals surface area contributed by atoms with Crippen LogP contribution in [0.25, 0.3) is 11.0 Å². The molecule has 0 amide bonds. The number of nitrogens with two attached hydrogens (primary N) is 1.